The van der Waals surface area contributed by atoms with Crippen LogP contribution in [-0.4, -0.2) is 18.6 Å². The van der Waals surface area contributed by atoms with Crippen LogP contribution in [0.1, 0.15) is 31.7 Å². The molecule has 1 aromatic carbocycles. The van der Waals surface area contributed by atoms with Crippen LogP contribution in [0.5, 0.6) is 5.75 Å². The molecule has 0 aliphatic heterocycles. The van der Waals surface area contributed by atoms with Crippen molar-refractivity contribution in [1.82, 2.24) is 5.32 Å². The van der Waals surface area contributed by atoms with Gasteiger partial charge in [0.1, 0.15) is 17.4 Å². The molecule has 1 saturated carbocycles. The number of amides is 1. The Morgan fingerprint density at radius 3 is 2.70 bits per heavy atom. The zero-order valence-electron chi connectivity index (χ0n) is 11.6. The number of hydrogen-bond donors (Lipinski definition) is 1. The Hall–Kier alpha value is -2.28. The SMILES string of the molecule is CCCOc1ccc(/C=C(\C#N)C(=O)NC2CC2)cc1. The van der Waals surface area contributed by atoms with Gasteiger partial charge in [0.2, 0.25) is 0 Å². The molecular formula is C16H18N2O2. The van der Waals surface area contributed by atoms with Gasteiger partial charge >= 0.3 is 0 Å². The largest absolute Gasteiger partial charge is 0.494 e. The van der Waals surface area contributed by atoms with E-state index < -0.39 is 0 Å². The fourth-order valence-corrected chi connectivity index (χ4v) is 1.69. The summed E-state index contributed by atoms with van der Waals surface area (Å²) in [6, 6.07) is 9.57. The summed E-state index contributed by atoms with van der Waals surface area (Å²) >= 11 is 0. The van der Waals surface area contributed by atoms with Gasteiger partial charge in [-0.1, -0.05) is 19.1 Å². The van der Waals surface area contributed by atoms with Crippen LogP contribution in [0.3, 0.4) is 0 Å². The number of benzene rings is 1. The second kappa shape index (κ2) is 6.76. The molecule has 1 aliphatic rings. The Labute approximate surface area is 119 Å². The monoisotopic (exact) mass is 270 g/mol. The lowest BCUT2D eigenvalue weighted by atomic mass is 10.1. The number of ether oxygens (including phenoxy) is 1. The van der Waals surface area contributed by atoms with Crippen molar-refractivity contribution in [3.8, 4) is 11.8 Å². The van der Waals surface area contributed by atoms with Gasteiger partial charge in [-0.25, -0.2) is 0 Å². The molecule has 0 unspecified atom stereocenters. The van der Waals surface area contributed by atoms with Crippen molar-refractivity contribution >= 4 is 12.0 Å². The molecule has 2 rings (SSSR count). The normalized spacial score (nSPS) is 14.5. The summed E-state index contributed by atoms with van der Waals surface area (Å²) in [5.74, 6) is 0.506. The summed E-state index contributed by atoms with van der Waals surface area (Å²) in [7, 11) is 0. The first kappa shape index (κ1) is 14.1. The molecule has 0 aromatic heterocycles. The highest BCUT2D eigenvalue weighted by molar-refractivity contribution is 6.01. The van der Waals surface area contributed by atoms with Gasteiger partial charge in [-0.3, -0.25) is 4.79 Å². The maximum atomic E-state index is 11.8. The highest BCUT2D eigenvalue weighted by Gasteiger charge is 2.24. The second-order valence-corrected chi connectivity index (χ2v) is 4.84. The van der Waals surface area contributed by atoms with Crippen molar-refractivity contribution in [3.63, 3.8) is 0 Å². The van der Waals surface area contributed by atoms with Crippen molar-refractivity contribution in [2.75, 3.05) is 6.61 Å². The number of rotatable bonds is 6. The van der Waals surface area contributed by atoms with Gasteiger partial charge < -0.3 is 10.1 Å². The number of nitrogens with zero attached hydrogens (tertiary/aromatic N) is 1. The molecule has 1 fully saturated rings. The minimum absolute atomic E-state index is 0.138. The summed E-state index contributed by atoms with van der Waals surface area (Å²) in [6.07, 6.45) is 4.57. The predicted octanol–water partition coefficient (Wildman–Crippen LogP) is 2.66. The van der Waals surface area contributed by atoms with E-state index in [1.807, 2.05) is 30.3 Å². The van der Waals surface area contributed by atoms with Gasteiger partial charge in [0.25, 0.3) is 5.91 Å². The van der Waals surface area contributed by atoms with E-state index in [0.29, 0.717) is 6.61 Å². The fraction of sp³-hybridized carbons (Fsp3) is 0.375. The topological polar surface area (TPSA) is 62.1 Å². The number of carbonyl (C=O) groups is 1. The molecule has 4 nitrogen and oxygen atoms in total. The molecule has 4 heteroatoms. The first-order valence-electron chi connectivity index (χ1n) is 6.88. The zero-order valence-corrected chi connectivity index (χ0v) is 11.6. The molecule has 0 atom stereocenters. The molecule has 1 aromatic rings. The average molecular weight is 270 g/mol. The highest BCUT2D eigenvalue weighted by Crippen LogP contribution is 2.20. The van der Waals surface area contributed by atoms with Crippen LogP contribution >= 0.6 is 0 Å². The second-order valence-electron chi connectivity index (χ2n) is 4.84. The summed E-state index contributed by atoms with van der Waals surface area (Å²) in [4.78, 5) is 11.8. The number of nitrogens with one attached hydrogen (secondary N) is 1. The van der Waals surface area contributed by atoms with E-state index in [9.17, 15) is 4.79 Å². The van der Waals surface area contributed by atoms with Crippen molar-refractivity contribution in [2.45, 2.75) is 32.2 Å². The Balaban J connectivity index is 2.03. The van der Waals surface area contributed by atoms with Crippen molar-refractivity contribution in [1.29, 1.82) is 5.26 Å². The molecule has 20 heavy (non-hydrogen) atoms. The van der Waals surface area contributed by atoms with E-state index in [1.54, 1.807) is 6.08 Å². The third kappa shape index (κ3) is 4.13. The average Bonchev–Trinajstić information content (AvgIpc) is 3.27. The van der Waals surface area contributed by atoms with Gasteiger partial charge in [-0.15, -0.1) is 0 Å². The zero-order chi connectivity index (χ0) is 14.4. The van der Waals surface area contributed by atoms with Crippen molar-refractivity contribution in [3.05, 3.63) is 35.4 Å². The minimum Gasteiger partial charge on any atom is -0.494 e. The third-order valence-electron chi connectivity index (χ3n) is 2.94. The lowest BCUT2D eigenvalue weighted by molar-refractivity contribution is -0.117. The van der Waals surface area contributed by atoms with E-state index in [-0.39, 0.29) is 17.5 Å². The standard InChI is InChI=1S/C16H18N2O2/c1-2-9-20-15-7-3-12(4-8-15)10-13(11-17)16(19)18-14-5-6-14/h3-4,7-8,10,14H,2,5-6,9H2,1H3,(H,18,19)/b13-10+. The Morgan fingerprint density at radius 1 is 1.45 bits per heavy atom. The molecule has 1 amide bonds. The maximum absolute atomic E-state index is 11.8. The lowest BCUT2D eigenvalue weighted by Gasteiger charge is -2.05. The Bertz CT molecular complexity index is 537. The fourth-order valence-electron chi connectivity index (χ4n) is 1.69. The molecule has 0 bridgehead atoms. The van der Waals surface area contributed by atoms with E-state index in [0.717, 1.165) is 30.6 Å². The van der Waals surface area contributed by atoms with Crippen LogP contribution in [0.4, 0.5) is 0 Å². The highest BCUT2D eigenvalue weighted by atomic mass is 16.5. The van der Waals surface area contributed by atoms with Crippen LogP contribution in [0.25, 0.3) is 6.08 Å². The number of nitriles is 1. The van der Waals surface area contributed by atoms with Crippen molar-refractivity contribution in [2.24, 2.45) is 0 Å². The van der Waals surface area contributed by atoms with Gasteiger partial charge in [-0.05, 0) is 43.0 Å². The summed E-state index contributed by atoms with van der Waals surface area (Å²) in [6.45, 7) is 2.73. The molecule has 1 N–H and O–H groups in total. The third-order valence-corrected chi connectivity index (χ3v) is 2.94. The molecule has 0 radical (unpaired) electrons. The van der Waals surface area contributed by atoms with E-state index >= 15 is 0 Å². The van der Waals surface area contributed by atoms with E-state index in [1.165, 1.54) is 0 Å². The van der Waals surface area contributed by atoms with Gasteiger partial charge in [0, 0.05) is 6.04 Å². The van der Waals surface area contributed by atoms with Crippen LogP contribution in [0.15, 0.2) is 29.8 Å². The van der Waals surface area contributed by atoms with E-state index in [2.05, 4.69) is 12.2 Å². The van der Waals surface area contributed by atoms with Gasteiger partial charge in [-0.2, -0.15) is 5.26 Å². The van der Waals surface area contributed by atoms with Gasteiger partial charge in [0.15, 0.2) is 0 Å². The number of hydrogen-bond acceptors (Lipinski definition) is 3. The molecule has 1 aliphatic carbocycles. The van der Waals surface area contributed by atoms with E-state index in [4.69, 9.17) is 10.00 Å². The van der Waals surface area contributed by atoms with Crippen LogP contribution in [0.2, 0.25) is 0 Å². The smallest absolute Gasteiger partial charge is 0.262 e. The minimum atomic E-state index is -0.290. The lowest BCUT2D eigenvalue weighted by Crippen LogP contribution is -2.26. The summed E-state index contributed by atoms with van der Waals surface area (Å²) in [5.41, 5.74) is 0.954. The maximum Gasteiger partial charge on any atom is 0.262 e. The quantitative estimate of drug-likeness (QED) is 0.638. The molecule has 104 valence electrons. The number of carbonyl (C=O) groups excluding carboxylic acids is 1. The summed E-state index contributed by atoms with van der Waals surface area (Å²) in [5, 5.41) is 11.9. The predicted molar refractivity (Wildman–Crippen MR) is 77.0 cm³/mol. The molecule has 0 heterocycles. The van der Waals surface area contributed by atoms with Crippen molar-refractivity contribution < 1.29 is 9.53 Å². The molecular weight excluding hydrogens is 252 g/mol. The Kier molecular flexibility index (Phi) is 4.78. The van der Waals surface area contributed by atoms with Gasteiger partial charge in [0.05, 0.1) is 6.61 Å². The van der Waals surface area contributed by atoms with Crippen LogP contribution < -0.4 is 10.1 Å². The summed E-state index contributed by atoms with van der Waals surface area (Å²) < 4.78 is 5.48. The molecule has 0 spiro atoms. The first-order chi connectivity index (χ1) is 9.72. The molecule has 0 saturated heterocycles. The first-order valence-corrected chi connectivity index (χ1v) is 6.88. The Morgan fingerprint density at radius 2 is 2.15 bits per heavy atom. The van der Waals surface area contributed by atoms with Crippen LogP contribution in [0, 0.1) is 11.3 Å². The van der Waals surface area contributed by atoms with Crippen LogP contribution in [-0.2, 0) is 4.79 Å².